The van der Waals surface area contributed by atoms with Crippen LogP contribution >= 0.6 is 0 Å². The molecule has 1 aliphatic carbocycles. The number of anilines is 1. The molecule has 1 aromatic carbocycles. The zero-order valence-corrected chi connectivity index (χ0v) is 23.7. The number of carbonyl (C=O) groups excluding carboxylic acids is 1. The predicted molar refractivity (Wildman–Crippen MR) is 153 cm³/mol. The largest absolute Gasteiger partial charge is 0.469 e. The molecule has 2 aromatic rings. The number of hydrogen-bond donors (Lipinski definition) is 2. The van der Waals surface area contributed by atoms with Crippen LogP contribution in [0.3, 0.4) is 0 Å². The zero-order valence-electron chi connectivity index (χ0n) is 23.7. The Morgan fingerprint density at radius 3 is 2.43 bits per heavy atom. The quantitative estimate of drug-likeness (QED) is 0.311. The lowest BCUT2D eigenvalue weighted by Crippen LogP contribution is -2.46. The number of aromatic nitrogens is 1. The summed E-state index contributed by atoms with van der Waals surface area (Å²) in [7, 11) is 1.47. The van der Waals surface area contributed by atoms with Crippen molar-refractivity contribution in [2.45, 2.75) is 91.1 Å². The second-order valence-electron chi connectivity index (χ2n) is 9.45. The van der Waals surface area contributed by atoms with Gasteiger partial charge in [0.05, 0.1) is 13.5 Å². The fraction of sp³-hybridized carbons (Fsp3) is 0.667. The molecule has 0 spiro atoms. The summed E-state index contributed by atoms with van der Waals surface area (Å²) in [6.07, 6.45) is 10.6. The van der Waals surface area contributed by atoms with Gasteiger partial charge in [-0.3, -0.25) is 4.79 Å². The van der Waals surface area contributed by atoms with Crippen molar-refractivity contribution in [1.82, 2.24) is 15.6 Å². The molecule has 1 aliphatic heterocycles. The van der Waals surface area contributed by atoms with Gasteiger partial charge in [0.1, 0.15) is 11.6 Å². The van der Waals surface area contributed by atoms with Gasteiger partial charge in [0.2, 0.25) is 0 Å². The summed E-state index contributed by atoms with van der Waals surface area (Å²) in [5.41, 5.74) is 0. The van der Waals surface area contributed by atoms with E-state index < -0.39 is 0 Å². The Kier molecular flexibility index (Phi) is 14.5. The van der Waals surface area contributed by atoms with Crippen molar-refractivity contribution >= 4 is 22.6 Å². The van der Waals surface area contributed by atoms with E-state index in [-0.39, 0.29) is 17.8 Å². The molecule has 208 valence electrons. The third-order valence-electron chi connectivity index (χ3n) is 7.30. The van der Waals surface area contributed by atoms with Crippen LogP contribution in [0.1, 0.15) is 79.1 Å². The molecule has 0 bridgehead atoms. The van der Waals surface area contributed by atoms with Crippen LogP contribution in [0.5, 0.6) is 0 Å². The number of methoxy groups -OCH3 is 1. The summed E-state index contributed by atoms with van der Waals surface area (Å²) < 4.78 is 18.7. The molecule has 2 heterocycles. The smallest absolute Gasteiger partial charge is 0.307 e. The highest BCUT2D eigenvalue weighted by Crippen LogP contribution is 2.29. The van der Waals surface area contributed by atoms with Crippen molar-refractivity contribution in [1.29, 1.82) is 0 Å². The summed E-state index contributed by atoms with van der Waals surface area (Å²) in [6, 6.07) is 7.51. The molecule has 1 aromatic heterocycles. The summed E-state index contributed by atoms with van der Waals surface area (Å²) in [5.74, 6) is 1.10. The number of hydrogen-bond acceptors (Lipinski definition) is 6. The first-order valence-electron chi connectivity index (χ1n) is 14.5. The molecule has 1 unspecified atom stereocenters. The number of benzene rings is 1. The minimum atomic E-state index is -0.223. The molecule has 2 N–H and O–H groups in total. The van der Waals surface area contributed by atoms with Gasteiger partial charge in [-0.05, 0) is 55.2 Å². The normalized spacial score (nSPS) is 17.3. The molecule has 6 nitrogen and oxygen atoms in total. The number of esters is 1. The standard InChI is InChI=1S/C26H37FN4O2.2C2H6/c1-33-25(32)18-24(20-5-3-2-4-6-20)29-14-13-28-22-10-15-31(16-11-22)26-23-17-21(27)8-7-19(23)9-12-30-26;2*1-2/h7-9,12,17,20,22,24,28-29H,2-6,10-11,13-16,18H2,1H3;2*1-2H3. The lowest BCUT2D eigenvalue weighted by atomic mass is 9.82. The number of fused-ring (bicyclic) bond motifs is 1. The van der Waals surface area contributed by atoms with Gasteiger partial charge in [-0.15, -0.1) is 0 Å². The highest BCUT2D eigenvalue weighted by molar-refractivity contribution is 5.92. The second-order valence-corrected chi connectivity index (χ2v) is 9.45. The second kappa shape index (κ2) is 17.3. The third-order valence-corrected chi connectivity index (χ3v) is 7.30. The van der Waals surface area contributed by atoms with E-state index in [9.17, 15) is 9.18 Å². The maximum atomic E-state index is 13.8. The van der Waals surface area contributed by atoms with E-state index in [0.717, 1.165) is 55.6 Å². The van der Waals surface area contributed by atoms with Gasteiger partial charge >= 0.3 is 5.97 Å². The van der Waals surface area contributed by atoms with Crippen molar-refractivity contribution < 1.29 is 13.9 Å². The van der Waals surface area contributed by atoms with Gasteiger partial charge in [-0.2, -0.15) is 0 Å². The summed E-state index contributed by atoms with van der Waals surface area (Å²) in [5, 5.41) is 9.22. The van der Waals surface area contributed by atoms with E-state index in [0.29, 0.717) is 18.4 Å². The Labute approximate surface area is 223 Å². The van der Waals surface area contributed by atoms with Crippen LogP contribution in [0, 0.1) is 11.7 Å². The van der Waals surface area contributed by atoms with E-state index in [2.05, 4.69) is 20.5 Å². The first-order valence-corrected chi connectivity index (χ1v) is 14.5. The average Bonchev–Trinajstić information content (AvgIpc) is 2.97. The highest BCUT2D eigenvalue weighted by atomic mass is 19.1. The molecule has 37 heavy (non-hydrogen) atoms. The molecule has 2 aliphatic rings. The SMILES string of the molecule is CC.CC.COC(=O)CC(NCCNC1CCN(c2nccc3ccc(F)cc23)CC1)C1CCCCC1. The van der Waals surface area contributed by atoms with Gasteiger partial charge in [0.25, 0.3) is 0 Å². The van der Waals surface area contributed by atoms with Gasteiger partial charge in [0, 0.05) is 49.8 Å². The molecule has 0 radical (unpaired) electrons. The Morgan fingerprint density at radius 1 is 1.05 bits per heavy atom. The van der Waals surface area contributed by atoms with Crippen LogP contribution in [0.25, 0.3) is 10.8 Å². The minimum Gasteiger partial charge on any atom is -0.469 e. The Bertz CT molecular complexity index is 912. The number of rotatable bonds is 9. The van der Waals surface area contributed by atoms with Crippen molar-refractivity contribution in [3.63, 3.8) is 0 Å². The van der Waals surface area contributed by atoms with E-state index in [1.165, 1.54) is 45.3 Å². The number of halogens is 1. The lowest BCUT2D eigenvalue weighted by molar-refractivity contribution is -0.141. The van der Waals surface area contributed by atoms with Crippen LogP contribution in [0.4, 0.5) is 10.2 Å². The maximum absolute atomic E-state index is 13.8. The predicted octanol–water partition coefficient (Wildman–Crippen LogP) is 6.09. The number of nitrogens with zero attached hydrogens (tertiary/aromatic N) is 2. The first-order chi connectivity index (χ1) is 18.1. The van der Waals surface area contributed by atoms with E-state index in [1.54, 1.807) is 6.07 Å². The molecule has 7 heteroatoms. The summed E-state index contributed by atoms with van der Waals surface area (Å²) in [4.78, 5) is 18.7. The number of pyridine rings is 1. The molecule has 4 rings (SSSR count). The van der Waals surface area contributed by atoms with Crippen LogP contribution in [-0.2, 0) is 9.53 Å². The Morgan fingerprint density at radius 2 is 1.76 bits per heavy atom. The third kappa shape index (κ3) is 9.53. The first kappa shape index (κ1) is 31.0. The minimum absolute atomic E-state index is 0.125. The van der Waals surface area contributed by atoms with Gasteiger partial charge in [-0.1, -0.05) is 53.0 Å². The molecular formula is C30H49FN4O2. The highest BCUT2D eigenvalue weighted by Gasteiger charge is 2.26. The van der Waals surface area contributed by atoms with Crippen LogP contribution in [0.15, 0.2) is 30.5 Å². The monoisotopic (exact) mass is 516 g/mol. The maximum Gasteiger partial charge on any atom is 0.307 e. The van der Waals surface area contributed by atoms with E-state index >= 15 is 0 Å². The molecular weight excluding hydrogens is 467 g/mol. The van der Waals surface area contributed by atoms with Crippen molar-refractivity contribution in [3.8, 4) is 0 Å². The number of carbonyl (C=O) groups is 1. The Hall–Kier alpha value is -2.25. The average molecular weight is 517 g/mol. The molecule has 1 atom stereocenters. The summed E-state index contributed by atoms with van der Waals surface area (Å²) >= 11 is 0. The summed E-state index contributed by atoms with van der Waals surface area (Å²) in [6.45, 7) is 11.5. The topological polar surface area (TPSA) is 66.5 Å². The van der Waals surface area contributed by atoms with E-state index in [1.807, 2.05) is 46.0 Å². The number of nitrogens with one attached hydrogen (secondary N) is 2. The van der Waals surface area contributed by atoms with Crippen molar-refractivity contribution in [2.24, 2.45) is 5.92 Å². The molecule has 0 amide bonds. The zero-order chi connectivity index (χ0) is 27.0. The van der Waals surface area contributed by atoms with Crippen LogP contribution in [-0.4, -0.2) is 56.3 Å². The fourth-order valence-electron chi connectivity index (χ4n) is 5.41. The van der Waals surface area contributed by atoms with Gasteiger partial charge < -0.3 is 20.3 Å². The van der Waals surface area contributed by atoms with Crippen molar-refractivity contribution in [3.05, 3.63) is 36.3 Å². The lowest BCUT2D eigenvalue weighted by Gasteiger charge is -2.34. The van der Waals surface area contributed by atoms with Crippen LogP contribution < -0.4 is 15.5 Å². The number of piperidine rings is 1. The molecule has 2 fully saturated rings. The van der Waals surface area contributed by atoms with Crippen LogP contribution in [0.2, 0.25) is 0 Å². The van der Waals surface area contributed by atoms with Crippen molar-refractivity contribution in [2.75, 3.05) is 38.2 Å². The molecule has 1 saturated heterocycles. The number of ether oxygens (including phenoxy) is 1. The molecule has 1 saturated carbocycles. The fourth-order valence-corrected chi connectivity index (χ4v) is 5.41. The van der Waals surface area contributed by atoms with Gasteiger partial charge in [-0.25, -0.2) is 9.37 Å². The Balaban J connectivity index is 0.00000115. The van der Waals surface area contributed by atoms with E-state index in [4.69, 9.17) is 4.74 Å². The van der Waals surface area contributed by atoms with Gasteiger partial charge in [0.15, 0.2) is 0 Å².